The van der Waals surface area contributed by atoms with Crippen LogP contribution in [0.3, 0.4) is 0 Å². The largest absolute Gasteiger partial charge is 0.391 e. The fourth-order valence-electron chi connectivity index (χ4n) is 2.13. The van der Waals surface area contributed by atoms with Crippen LogP contribution < -0.4 is 10.6 Å². The molecule has 0 saturated carbocycles. The van der Waals surface area contributed by atoms with E-state index in [1.54, 1.807) is 11.3 Å². The second-order valence-corrected chi connectivity index (χ2v) is 5.94. The van der Waals surface area contributed by atoms with Crippen LogP contribution >= 0.6 is 11.3 Å². The maximum absolute atomic E-state index is 11.9. The first-order valence-electron chi connectivity index (χ1n) is 6.17. The van der Waals surface area contributed by atoms with E-state index in [1.165, 1.54) is 0 Å². The van der Waals surface area contributed by atoms with Crippen molar-refractivity contribution in [2.45, 2.75) is 38.8 Å². The Hall–Kier alpha value is -0.980. The molecule has 0 radical (unpaired) electrons. The number of thiazole rings is 1. The molecule has 1 amide bonds. The molecule has 100 valence electrons. The molecule has 1 aliphatic rings. The van der Waals surface area contributed by atoms with E-state index in [0.717, 1.165) is 22.1 Å². The van der Waals surface area contributed by atoms with Crippen molar-refractivity contribution in [3.63, 3.8) is 0 Å². The molecule has 0 spiro atoms. The van der Waals surface area contributed by atoms with Gasteiger partial charge in [0.25, 0.3) is 0 Å². The summed E-state index contributed by atoms with van der Waals surface area (Å²) in [6.45, 7) is 5.30. The first kappa shape index (κ1) is 13.5. The summed E-state index contributed by atoms with van der Waals surface area (Å²) in [5.41, 5.74) is 0.926. The molecule has 0 aliphatic carbocycles. The van der Waals surface area contributed by atoms with Crippen LogP contribution in [0.4, 0.5) is 0 Å². The van der Waals surface area contributed by atoms with Crippen LogP contribution in [-0.4, -0.2) is 41.2 Å². The van der Waals surface area contributed by atoms with Gasteiger partial charge in [-0.25, -0.2) is 4.98 Å². The predicted molar refractivity (Wildman–Crippen MR) is 70.7 cm³/mol. The Balaban J connectivity index is 1.90. The highest BCUT2D eigenvalue weighted by Gasteiger charge is 2.24. The fraction of sp³-hybridized carbons (Fsp3) is 0.667. The number of carbonyl (C=O) groups is 1. The first-order valence-corrected chi connectivity index (χ1v) is 6.99. The number of hydrogen-bond donors (Lipinski definition) is 3. The third kappa shape index (κ3) is 3.28. The number of aryl methyl sites for hydroxylation is 2. The van der Waals surface area contributed by atoms with Gasteiger partial charge in [-0.2, -0.15) is 0 Å². The van der Waals surface area contributed by atoms with Gasteiger partial charge < -0.3 is 15.7 Å². The van der Waals surface area contributed by atoms with Crippen LogP contribution in [0.15, 0.2) is 0 Å². The number of aliphatic hydroxyl groups is 1. The van der Waals surface area contributed by atoms with Crippen molar-refractivity contribution in [3.8, 4) is 0 Å². The van der Waals surface area contributed by atoms with Gasteiger partial charge in [-0.1, -0.05) is 0 Å². The Kier molecular flexibility index (Phi) is 4.31. The molecular formula is C12H19N3O2S. The number of aliphatic hydroxyl groups excluding tert-OH is 1. The minimum absolute atomic E-state index is 0.0468. The first-order chi connectivity index (χ1) is 8.56. The molecule has 2 heterocycles. The van der Waals surface area contributed by atoms with Gasteiger partial charge in [-0.15, -0.1) is 11.3 Å². The van der Waals surface area contributed by atoms with Crippen molar-refractivity contribution in [2.24, 2.45) is 0 Å². The Morgan fingerprint density at radius 3 is 3.00 bits per heavy atom. The van der Waals surface area contributed by atoms with E-state index in [0.29, 0.717) is 19.4 Å². The molecule has 1 aromatic rings. The van der Waals surface area contributed by atoms with Crippen LogP contribution in [-0.2, 0) is 11.2 Å². The number of piperidine rings is 1. The average Bonchev–Trinajstić information content (AvgIpc) is 2.61. The molecule has 3 N–H and O–H groups in total. The Labute approximate surface area is 111 Å². The molecule has 1 aliphatic heterocycles. The lowest BCUT2D eigenvalue weighted by Gasteiger charge is -2.29. The highest BCUT2D eigenvalue weighted by Crippen LogP contribution is 2.17. The molecule has 18 heavy (non-hydrogen) atoms. The molecule has 0 bridgehead atoms. The highest BCUT2D eigenvalue weighted by atomic mass is 32.1. The maximum Gasteiger partial charge on any atom is 0.225 e. The van der Waals surface area contributed by atoms with E-state index in [4.69, 9.17) is 0 Å². The van der Waals surface area contributed by atoms with Crippen molar-refractivity contribution in [2.75, 3.05) is 13.1 Å². The monoisotopic (exact) mass is 269 g/mol. The van der Waals surface area contributed by atoms with Crippen LogP contribution in [0.2, 0.25) is 0 Å². The zero-order chi connectivity index (χ0) is 13.1. The van der Waals surface area contributed by atoms with E-state index in [2.05, 4.69) is 15.6 Å². The third-order valence-electron chi connectivity index (χ3n) is 3.11. The molecule has 1 aromatic heterocycles. The number of nitrogens with one attached hydrogen (secondary N) is 2. The Morgan fingerprint density at radius 1 is 1.61 bits per heavy atom. The highest BCUT2D eigenvalue weighted by molar-refractivity contribution is 7.11. The van der Waals surface area contributed by atoms with Crippen molar-refractivity contribution >= 4 is 17.2 Å². The van der Waals surface area contributed by atoms with Crippen molar-refractivity contribution in [1.82, 2.24) is 15.6 Å². The number of carbonyl (C=O) groups excluding carboxylic acids is 1. The SMILES string of the molecule is Cc1nc(C)c(CC(=O)N[C@H]2CNCC[C@H]2O)s1. The molecule has 6 heteroatoms. The minimum Gasteiger partial charge on any atom is -0.391 e. The molecular weight excluding hydrogens is 250 g/mol. The molecule has 2 rings (SSSR count). The Bertz CT molecular complexity index is 433. The topological polar surface area (TPSA) is 74.2 Å². The van der Waals surface area contributed by atoms with Crippen molar-refractivity contribution < 1.29 is 9.90 Å². The average molecular weight is 269 g/mol. The summed E-state index contributed by atoms with van der Waals surface area (Å²) in [6, 6.07) is -0.180. The third-order valence-corrected chi connectivity index (χ3v) is 4.19. The summed E-state index contributed by atoms with van der Waals surface area (Å²) in [5.74, 6) is -0.0468. The fourth-order valence-corrected chi connectivity index (χ4v) is 3.07. The predicted octanol–water partition coefficient (Wildman–Crippen LogP) is 0.141. The van der Waals surface area contributed by atoms with E-state index in [9.17, 15) is 9.90 Å². The lowest BCUT2D eigenvalue weighted by molar-refractivity contribution is -0.122. The second kappa shape index (κ2) is 5.77. The van der Waals surface area contributed by atoms with E-state index in [-0.39, 0.29) is 11.9 Å². The van der Waals surface area contributed by atoms with Crippen molar-refractivity contribution in [3.05, 3.63) is 15.6 Å². The van der Waals surface area contributed by atoms with Gasteiger partial charge in [-0.3, -0.25) is 4.79 Å². The van der Waals surface area contributed by atoms with Gasteiger partial charge >= 0.3 is 0 Å². The van der Waals surface area contributed by atoms with Crippen LogP contribution in [0.25, 0.3) is 0 Å². The molecule has 0 unspecified atom stereocenters. The smallest absolute Gasteiger partial charge is 0.225 e. The van der Waals surface area contributed by atoms with Gasteiger partial charge in [0.05, 0.1) is 29.3 Å². The second-order valence-electron chi connectivity index (χ2n) is 4.65. The standard InChI is InChI=1S/C12H19N3O2S/c1-7-11(18-8(2)14-7)5-12(17)15-9-6-13-4-3-10(9)16/h9-10,13,16H,3-6H2,1-2H3,(H,15,17)/t9-,10+/m0/s1. The van der Waals surface area contributed by atoms with Crippen molar-refractivity contribution in [1.29, 1.82) is 0 Å². The summed E-state index contributed by atoms with van der Waals surface area (Å²) >= 11 is 1.56. The quantitative estimate of drug-likeness (QED) is 0.730. The van der Waals surface area contributed by atoms with Crippen LogP contribution in [0.5, 0.6) is 0 Å². The molecule has 0 aromatic carbocycles. The van der Waals surface area contributed by atoms with Gasteiger partial charge in [-0.05, 0) is 26.8 Å². The molecule has 1 fully saturated rings. The van der Waals surface area contributed by atoms with Gasteiger partial charge in [0.1, 0.15) is 0 Å². The number of amides is 1. The Morgan fingerprint density at radius 2 is 2.39 bits per heavy atom. The number of hydrogen-bond acceptors (Lipinski definition) is 5. The van der Waals surface area contributed by atoms with Crippen LogP contribution in [0.1, 0.15) is 22.0 Å². The summed E-state index contributed by atoms with van der Waals surface area (Å²) in [6.07, 6.45) is 0.587. The van der Waals surface area contributed by atoms with E-state index >= 15 is 0 Å². The summed E-state index contributed by atoms with van der Waals surface area (Å²) in [4.78, 5) is 17.2. The lowest BCUT2D eigenvalue weighted by Crippen LogP contribution is -2.54. The minimum atomic E-state index is -0.445. The van der Waals surface area contributed by atoms with E-state index in [1.807, 2.05) is 13.8 Å². The van der Waals surface area contributed by atoms with Gasteiger partial charge in [0, 0.05) is 11.4 Å². The van der Waals surface area contributed by atoms with Gasteiger partial charge in [0.2, 0.25) is 5.91 Å². The van der Waals surface area contributed by atoms with Gasteiger partial charge in [0.15, 0.2) is 0 Å². The normalized spacial score (nSPS) is 23.9. The maximum atomic E-state index is 11.9. The number of rotatable bonds is 3. The molecule has 2 atom stereocenters. The number of aromatic nitrogens is 1. The van der Waals surface area contributed by atoms with Crippen LogP contribution in [0, 0.1) is 13.8 Å². The van der Waals surface area contributed by atoms with E-state index < -0.39 is 6.10 Å². The number of nitrogens with zero attached hydrogens (tertiary/aromatic N) is 1. The zero-order valence-corrected chi connectivity index (χ0v) is 11.5. The lowest BCUT2D eigenvalue weighted by atomic mass is 10.0. The molecule has 5 nitrogen and oxygen atoms in total. The summed E-state index contributed by atoms with van der Waals surface area (Å²) < 4.78 is 0. The zero-order valence-electron chi connectivity index (χ0n) is 10.7. The summed E-state index contributed by atoms with van der Waals surface area (Å²) in [5, 5.41) is 16.8. The molecule has 1 saturated heterocycles. The summed E-state index contributed by atoms with van der Waals surface area (Å²) in [7, 11) is 0.